The minimum absolute atomic E-state index is 0.818. The van der Waals surface area contributed by atoms with Crippen molar-refractivity contribution in [3.8, 4) is 0 Å². The number of unbranched alkanes of at least 4 members (excludes halogenated alkanes) is 7. The zero-order chi connectivity index (χ0) is 11.2. The summed E-state index contributed by atoms with van der Waals surface area (Å²) in [5, 5.41) is 1.02. The Balaban J connectivity index is 2.95. The molecule has 0 saturated carbocycles. The van der Waals surface area contributed by atoms with Crippen molar-refractivity contribution in [2.24, 2.45) is 0 Å². The highest BCUT2D eigenvalue weighted by atomic mass is 27.0. The van der Waals surface area contributed by atoms with E-state index in [1.165, 1.54) is 51.4 Å². The van der Waals surface area contributed by atoms with Crippen molar-refractivity contribution in [2.45, 2.75) is 63.6 Å². The van der Waals surface area contributed by atoms with E-state index in [0.717, 1.165) is 11.9 Å². The molecule has 0 N–H and O–H groups in total. The van der Waals surface area contributed by atoms with Gasteiger partial charge in [0, 0.05) is 0 Å². The van der Waals surface area contributed by atoms with Gasteiger partial charge in [-0.2, -0.15) is 0 Å². The van der Waals surface area contributed by atoms with Crippen LogP contribution in [0.25, 0.3) is 0 Å². The molecule has 0 atom stereocenters. The molecule has 0 rings (SSSR count). The zero-order valence-corrected chi connectivity index (χ0v) is 11.4. The Kier molecular flexibility index (Phi) is 14.1. The molecular formula is C13H25AlO. The molecule has 0 spiro atoms. The maximum absolute atomic E-state index is 5.24. The highest BCUT2D eigenvalue weighted by molar-refractivity contribution is 6.08. The molecule has 0 heterocycles. The van der Waals surface area contributed by atoms with Gasteiger partial charge in [0.05, 0.1) is 12.9 Å². The van der Waals surface area contributed by atoms with E-state index < -0.39 is 0 Å². The van der Waals surface area contributed by atoms with Gasteiger partial charge in [-0.15, -0.1) is 0 Å². The molecule has 2 heteroatoms. The summed E-state index contributed by atoms with van der Waals surface area (Å²) in [4.78, 5) is 0. The lowest BCUT2D eigenvalue weighted by Gasteiger charge is -1.99. The average molecular weight is 224 g/mol. The van der Waals surface area contributed by atoms with E-state index in [-0.39, 0.29) is 0 Å². The van der Waals surface area contributed by atoms with E-state index in [0.29, 0.717) is 0 Å². The smallest absolute Gasteiger partial charge is 0.123 e. The van der Waals surface area contributed by atoms with Gasteiger partial charge in [0.25, 0.3) is 0 Å². The molecule has 86 valence electrons. The van der Waals surface area contributed by atoms with Crippen LogP contribution in [0.2, 0.25) is 5.28 Å². The van der Waals surface area contributed by atoms with Gasteiger partial charge in [-0.05, 0) is 18.9 Å². The van der Waals surface area contributed by atoms with E-state index in [1.54, 1.807) is 0 Å². The summed E-state index contributed by atoms with van der Waals surface area (Å²) in [5.74, 6) is 0. The van der Waals surface area contributed by atoms with Crippen LogP contribution in [-0.2, 0) is 4.74 Å². The molecule has 0 aromatic heterocycles. The van der Waals surface area contributed by atoms with E-state index in [2.05, 4.69) is 29.3 Å². The quantitative estimate of drug-likeness (QED) is 0.290. The lowest BCUT2D eigenvalue weighted by molar-refractivity contribution is 0.268. The van der Waals surface area contributed by atoms with E-state index in [4.69, 9.17) is 4.74 Å². The van der Waals surface area contributed by atoms with Crippen molar-refractivity contribution >= 4 is 16.3 Å². The topological polar surface area (TPSA) is 9.23 Å². The standard InChI is InChI=1S/C13H25O.Al/c1-3-5-6-7-8-9-10-11-12-13-14-4-2;/h12-13H,2-11H2,1H3;/b13-12+;. The summed E-state index contributed by atoms with van der Waals surface area (Å²) >= 11 is 2.66. The van der Waals surface area contributed by atoms with Crippen LogP contribution in [0.5, 0.6) is 0 Å². The molecule has 2 radical (unpaired) electrons. The van der Waals surface area contributed by atoms with Gasteiger partial charge < -0.3 is 4.74 Å². The van der Waals surface area contributed by atoms with E-state index >= 15 is 0 Å². The third-order valence-corrected chi connectivity index (χ3v) is 2.64. The SMILES string of the molecule is CCCCCCCCC/C=C/OC[CH2][Al]. The maximum atomic E-state index is 5.24. The van der Waals surface area contributed by atoms with Crippen LogP contribution in [-0.4, -0.2) is 22.9 Å². The number of ether oxygens (including phenoxy) is 1. The van der Waals surface area contributed by atoms with Gasteiger partial charge in [-0.3, -0.25) is 0 Å². The summed E-state index contributed by atoms with van der Waals surface area (Å²) in [6.45, 7) is 3.08. The molecule has 0 unspecified atom stereocenters. The zero-order valence-electron chi connectivity index (χ0n) is 10.2. The fraction of sp³-hybridized carbons (Fsp3) is 0.846. The maximum Gasteiger partial charge on any atom is 0.123 e. The molecule has 0 aliphatic heterocycles. The molecule has 1 nitrogen and oxygen atoms in total. The Bertz CT molecular complexity index is 134. The molecule has 0 aliphatic rings. The first-order valence-electron chi connectivity index (χ1n) is 6.38. The van der Waals surface area contributed by atoms with Gasteiger partial charge in [-0.1, -0.05) is 50.7 Å². The highest BCUT2D eigenvalue weighted by Crippen LogP contribution is 2.08. The monoisotopic (exact) mass is 224 g/mol. The average Bonchev–Trinajstić information content (AvgIpc) is 2.26. The fourth-order valence-corrected chi connectivity index (χ4v) is 1.63. The van der Waals surface area contributed by atoms with Crippen molar-refractivity contribution in [3.05, 3.63) is 12.3 Å². The summed E-state index contributed by atoms with van der Waals surface area (Å²) in [6, 6.07) is 0. The second-order valence-electron chi connectivity index (χ2n) is 3.94. The van der Waals surface area contributed by atoms with Gasteiger partial charge in [0.1, 0.15) is 16.3 Å². The third kappa shape index (κ3) is 14.1. The van der Waals surface area contributed by atoms with Crippen molar-refractivity contribution in [1.82, 2.24) is 0 Å². The molecule has 0 fully saturated rings. The van der Waals surface area contributed by atoms with Gasteiger partial charge in [-0.25, -0.2) is 0 Å². The minimum atomic E-state index is 0.818. The van der Waals surface area contributed by atoms with Crippen LogP contribution < -0.4 is 0 Å². The summed E-state index contributed by atoms with van der Waals surface area (Å²) < 4.78 is 5.24. The Morgan fingerprint density at radius 3 is 2.33 bits per heavy atom. The number of hydrogen-bond donors (Lipinski definition) is 0. The van der Waals surface area contributed by atoms with Crippen molar-refractivity contribution in [3.63, 3.8) is 0 Å². The Labute approximate surface area is 104 Å². The van der Waals surface area contributed by atoms with E-state index in [1.807, 2.05) is 6.26 Å². The predicted octanol–water partition coefficient (Wildman–Crippen LogP) is 4.24. The first-order valence-corrected chi connectivity index (χ1v) is 7.20. The third-order valence-electron chi connectivity index (χ3n) is 2.40. The normalized spacial score (nSPS) is 11.0. The fourth-order valence-electron chi connectivity index (χ4n) is 1.49. The first-order chi connectivity index (χ1) is 7.41. The molecular weight excluding hydrogens is 199 g/mol. The Morgan fingerprint density at radius 1 is 1.00 bits per heavy atom. The van der Waals surface area contributed by atoms with E-state index in [9.17, 15) is 0 Å². The van der Waals surface area contributed by atoms with Crippen molar-refractivity contribution in [2.75, 3.05) is 6.61 Å². The molecule has 0 aromatic carbocycles. The van der Waals surface area contributed by atoms with Gasteiger partial charge in [0.2, 0.25) is 0 Å². The van der Waals surface area contributed by atoms with Crippen LogP contribution in [0.4, 0.5) is 0 Å². The Hall–Kier alpha value is 0.0725. The van der Waals surface area contributed by atoms with Crippen LogP contribution >= 0.6 is 0 Å². The lowest BCUT2D eigenvalue weighted by atomic mass is 10.1. The van der Waals surface area contributed by atoms with Crippen LogP contribution in [0.1, 0.15) is 58.3 Å². The molecule has 0 aliphatic carbocycles. The number of allylic oxidation sites excluding steroid dienone is 1. The lowest BCUT2D eigenvalue weighted by Crippen LogP contribution is -1.84. The number of rotatable bonds is 11. The largest absolute Gasteiger partial charge is 0.503 e. The van der Waals surface area contributed by atoms with Crippen molar-refractivity contribution in [1.29, 1.82) is 0 Å². The Morgan fingerprint density at radius 2 is 1.67 bits per heavy atom. The van der Waals surface area contributed by atoms with Crippen molar-refractivity contribution < 1.29 is 4.74 Å². The van der Waals surface area contributed by atoms with Crippen LogP contribution in [0.15, 0.2) is 12.3 Å². The molecule has 0 aromatic rings. The summed E-state index contributed by atoms with van der Waals surface area (Å²) in [6.07, 6.45) is 14.8. The molecule has 0 bridgehead atoms. The highest BCUT2D eigenvalue weighted by Gasteiger charge is 1.89. The van der Waals surface area contributed by atoms with Crippen LogP contribution in [0.3, 0.4) is 0 Å². The van der Waals surface area contributed by atoms with Gasteiger partial charge >= 0.3 is 0 Å². The summed E-state index contributed by atoms with van der Waals surface area (Å²) in [7, 11) is 0. The number of hydrogen-bond acceptors (Lipinski definition) is 1. The first kappa shape index (κ1) is 15.1. The van der Waals surface area contributed by atoms with Crippen LogP contribution in [0, 0.1) is 0 Å². The second kappa shape index (κ2) is 14.1. The molecule has 0 saturated heterocycles. The minimum Gasteiger partial charge on any atom is -0.503 e. The predicted molar refractivity (Wildman–Crippen MR) is 68.3 cm³/mol. The molecule has 15 heavy (non-hydrogen) atoms. The molecule has 0 amide bonds. The second-order valence-corrected chi connectivity index (χ2v) is 4.52. The summed E-state index contributed by atoms with van der Waals surface area (Å²) in [5.41, 5.74) is 0. The van der Waals surface area contributed by atoms with Gasteiger partial charge in [0.15, 0.2) is 0 Å².